The van der Waals surface area contributed by atoms with Gasteiger partial charge in [0.05, 0.1) is 12.2 Å². The van der Waals surface area contributed by atoms with Gasteiger partial charge in [-0.1, -0.05) is 6.08 Å². The number of carboxylic acids is 1. The Balaban J connectivity index is 2.31. The summed E-state index contributed by atoms with van der Waals surface area (Å²) in [7, 11) is 0. The van der Waals surface area contributed by atoms with Crippen LogP contribution >= 0.6 is 0 Å². The SMILES string of the molecule is C=CCOCCCC(=O)Nc1ccc(C(=O)O)cc1. The number of carbonyl (C=O) groups excluding carboxylic acids is 1. The maximum absolute atomic E-state index is 11.6. The Kier molecular flexibility index (Phi) is 6.32. The minimum atomic E-state index is -0.989. The number of anilines is 1. The molecule has 0 aromatic heterocycles. The van der Waals surface area contributed by atoms with Crippen molar-refractivity contribution in [1.82, 2.24) is 0 Å². The maximum Gasteiger partial charge on any atom is 0.335 e. The molecule has 5 heteroatoms. The average molecular weight is 263 g/mol. The van der Waals surface area contributed by atoms with Crippen molar-refractivity contribution in [3.8, 4) is 0 Å². The molecule has 0 unspecified atom stereocenters. The maximum atomic E-state index is 11.6. The number of hydrogen-bond donors (Lipinski definition) is 2. The van der Waals surface area contributed by atoms with Crippen LogP contribution in [0.25, 0.3) is 0 Å². The summed E-state index contributed by atoms with van der Waals surface area (Å²) in [5.41, 5.74) is 0.776. The molecular weight excluding hydrogens is 246 g/mol. The van der Waals surface area contributed by atoms with Crippen molar-refractivity contribution in [2.45, 2.75) is 12.8 Å². The van der Waals surface area contributed by atoms with Gasteiger partial charge in [-0.05, 0) is 30.7 Å². The van der Waals surface area contributed by atoms with Crippen molar-refractivity contribution in [2.24, 2.45) is 0 Å². The Morgan fingerprint density at radius 2 is 2.00 bits per heavy atom. The van der Waals surface area contributed by atoms with Crippen molar-refractivity contribution >= 4 is 17.6 Å². The van der Waals surface area contributed by atoms with Crippen LogP contribution in [0.4, 0.5) is 5.69 Å². The van der Waals surface area contributed by atoms with Gasteiger partial charge in [0.2, 0.25) is 5.91 Å². The van der Waals surface area contributed by atoms with Crippen LogP contribution in [0.3, 0.4) is 0 Å². The monoisotopic (exact) mass is 263 g/mol. The lowest BCUT2D eigenvalue weighted by atomic mass is 10.2. The van der Waals surface area contributed by atoms with E-state index in [1.165, 1.54) is 12.1 Å². The van der Waals surface area contributed by atoms with Crippen LogP contribution in [0.15, 0.2) is 36.9 Å². The van der Waals surface area contributed by atoms with E-state index in [9.17, 15) is 9.59 Å². The molecule has 102 valence electrons. The van der Waals surface area contributed by atoms with E-state index >= 15 is 0 Å². The molecule has 0 spiro atoms. The molecule has 0 aliphatic rings. The number of rotatable bonds is 8. The van der Waals surface area contributed by atoms with Crippen molar-refractivity contribution in [3.05, 3.63) is 42.5 Å². The highest BCUT2D eigenvalue weighted by molar-refractivity contribution is 5.92. The Labute approximate surface area is 111 Å². The van der Waals surface area contributed by atoms with Crippen LogP contribution in [-0.4, -0.2) is 30.2 Å². The number of benzene rings is 1. The molecule has 1 aromatic rings. The van der Waals surface area contributed by atoms with Crippen LogP contribution in [0.2, 0.25) is 0 Å². The highest BCUT2D eigenvalue weighted by atomic mass is 16.5. The summed E-state index contributed by atoms with van der Waals surface area (Å²) in [6, 6.07) is 6.03. The molecule has 1 rings (SSSR count). The third-order valence-corrected chi connectivity index (χ3v) is 2.34. The summed E-state index contributed by atoms with van der Waals surface area (Å²) in [4.78, 5) is 22.2. The quantitative estimate of drug-likeness (QED) is 0.557. The van der Waals surface area contributed by atoms with Crippen molar-refractivity contribution in [1.29, 1.82) is 0 Å². The van der Waals surface area contributed by atoms with Crippen molar-refractivity contribution < 1.29 is 19.4 Å². The Morgan fingerprint density at radius 3 is 2.58 bits per heavy atom. The number of amides is 1. The summed E-state index contributed by atoms with van der Waals surface area (Å²) in [6.07, 6.45) is 2.65. The van der Waals surface area contributed by atoms with Gasteiger partial charge in [-0.15, -0.1) is 6.58 Å². The highest BCUT2D eigenvalue weighted by Crippen LogP contribution is 2.10. The normalized spacial score (nSPS) is 9.89. The van der Waals surface area contributed by atoms with Gasteiger partial charge in [0.25, 0.3) is 0 Å². The number of aromatic carboxylic acids is 1. The molecular formula is C14H17NO4. The second-order valence-electron chi connectivity index (χ2n) is 3.90. The van der Waals surface area contributed by atoms with E-state index in [4.69, 9.17) is 9.84 Å². The van der Waals surface area contributed by atoms with Gasteiger partial charge in [0, 0.05) is 18.7 Å². The van der Waals surface area contributed by atoms with Crippen LogP contribution < -0.4 is 5.32 Å². The first-order chi connectivity index (χ1) is 9.13. The average Bonchev–Trinajstić information content (AvgIpc) is 2.39. The smallest absolute Gasteiger partial charge is 0.335 e. The Morgan fingerprint density at radius 1 is 1.32 bits per heavy atom. The van der Waals surface area contributed by atoms with E-state index < -0.39 is 5.97 Å². The van der Waals surface area contributed by atoms with Crippen molar-refractivity contribution in [2.75, 3.05) is 18.5 Å². The summed E-state index contributed by atoms with van der Waals surface area (Å²) in [5, 5.41) is 11.4. The topological polar surface area (TPSA) is 75.6 Å². The van der Waals surface area contributed by atoms with Crippen LogP contribution in [0.1, 0.15) is 23.2 Å². The highest BCUT2D eigenvalue weighted by Gasteiger charge is 2.04. The molecule has 1 amide bonds. The van der Waals surface area contributed by atoms with Crippen LogP contribution in [0, 0.1) is 0 Å². The minimum absolute atomic E-state index is 0.120. The van der Waals surface area contributed by atoms with Crippen LogP contribution in [0.5, 0.6) is 0 Å². The zero-order valence-corrected chi connectivity index (χ0v) is 10.6. The van der Waals surface area contributed by atoms with Gasteiger partial charge in [0.1, 0.15) is 0 Å². The predicted octanol–water partition coefficient (Wildman–Crippen LogP) is 2.31. The molecule has 0 saturated heterocycles. The fourth-order valence-corrected chi connectivity index (χ4v) is 1.42. The van der Waals surface area contributed by atoms with Gasteiger partial charge in [-0.3, -0.25) is 4.79 Å². The molecule has 0 aliphatic heterocycles. The van der Waals surface area contributed by atoms with E-state index in [-0.39, 0.29) is 11.5 Å². The minimum Gasteiger partial charge on any atom is -0.478 e. The summed E-state index contributed by atoms with van der Waals surface area (Å²) in [6.45, 7) is 4.52. The number of hydrogen-bond acceptors (Lipinski definition) is 3. The summed E-state index contributed by atoms with van der Waals surface area (Å²) < 4.78 is 5.16. The lowest BCUT2D eigenvalue weighted by Crippen LogP contribution is -2.12. The molecule has 0 heterocycles. The third kappa shape index (κ3) is 5.83. The van der Waals surface area contributed by atoms with Crippen LogP contribution in [-0.2, 0) is 9.53 Å². The van der Waals surface area contributed by atoms with Gasteiger partial charge in [-0.25, -0.2) is 4.79 Å². The molecule has 0 atom stereocenters. The predicted molar refractivity (Wildman–Crippen MR) is 72.3 cm³/mol. The van der Waals surface area contributed by atoms with E-state index in [0.29, 0.717) is 31.7 Å². The van der Waals surface area contributed by atoms with Gasteiger partial charge >= 0.3 is 5.97 Å². The van der Waals surface area contributed by atoms with E-state index in [1.54, 1.807) is 18.2 Å². The van der Waals surface area contributed by atoms with Gasteiger partial charge in [0.15, 0.2) is 0 Å². The van der Waals surface area contributed by atoms with E-state index in [1.807, 2.05) is 0 Å². The molecule has 2 N–H and O–H groups in total. The lowest BCUT2D eigenvalue weighted by Gasteiger charge is -2.05. The Hall–Kier alpha value is -2.14. The largest absolute Gasteiger partial charge is 0.478 e. The third-order valence-electron chi connectivity index (χ3n) is 2.34. The molecule has 0 radical (unpaired) electrons. The van der Waals surface area contributed by atoms with Gasteiger partial charge < -0.3 is 15.2 Å². The molecule has 1 aromatic carbocycles. The number of nitrogens with one attached hydrogen (secondary N) is 1. The second kappa shape index (κ2) is 8.05. The number of carbonyl (C=O) groups is 2. The Bertz CT molecular complexity index is 439. The van der Waals surface area contributed by atoms with Gasteiger partial charge in [-0.2, -0.15) is 0 Å². The first-order valence-corrected chi connectivity index (χ1v) is 5.95. The lowest BCUT2D eigenvalue weighted by molar-refractivity contribution is -0.116. The fraction of sp³-hybridized carbons (Fsp3) is 0.286. The molecule has 5 nitrogen and oxygen atoms in total. The van der Waals surface area contributed by atoms with E-state index in [0.717, 1.165) is 0 Å². The molecule has 19 heavy (non-hydrogen) atoms. The van der Waals surface area contributed by atoms with Crippen molar-refractivity contribution in [3.63, 3.8) is 0 Å². The number of ether oxygens (including phenoxy) is 1. The molecule has 0 aliphatic carbocycles. The first-order valence-electron chi connectivity index (χ1n) is 5.95. The second-order valence-corrected chi connectivity index (χ2v) is 3.90. The standard InChI is InChI=1S/C14H17NO4/c1-2-9-19-10-3-4-13(16)15-12-7-5-11(6-8-12)14(17)18/h2,5-8H,1,3-4,9-10H2,(H,15,16)(H,17,18). The molecule has 0 fully saturated rings. The summed E-state index contributed by atoms with van der Waals surface area (Å²) >= 11 is 0. The molecule has 0 saturated carbocycles. The van der Waals surface area contributed by atoms with E-state index in [2.05, 4.69) is 11.9 Å². The fourth-order valence-electron chi connectivity index (χ4n) is 1.42. The summed E-state index contributed by atoms with van der Waals surface area (Å²) in [5.74, 6) is -1.11. The first kappa shape index (κ1) is 14.9. The number of carboxylic acid groups (broad SMARTS) is 1. The molecule has 0 bridgehead atoms. The zero-order chi connectivity index (χ0) is 14.1. The zero-order valence-electron chi connectivity index (χ0n) is 10.6.